The molecule has 34 valence electrons. The van der Waals surface area contributed by atoms with Crippen molar-refractivity contribution in [3.63, 3.8) is 0 Å². The highest BCUT2D eigenvalue weighted by Gasteiger charge is 1.58. The topological polar surface area (TPSA) is 29.1 Å². The van der Waals surface area contributed by atoms with Crippen LogP contribution in [0.4, 0.5) is 4.39 Å². The van der Waals surface area contributed by atoms with E-state index in [2.05, 4.69) is 0 Å². The van der Waals surface area contributed by atoms with Gasteiger partial charge in [-0.15, -0.1) is 0 Å². The summed E-state index contributed by atoms with van der Waals surface area (Å²) in [7, 11) is 0. The third-order valence-corrected chi connectivity index (χ3v) is 0.227. The number of halogens is 1. The number of carbonyl (C=O) groups excluding carboxylic acids is 1. The third kappa shape index (κ3) is 3.14. The van der Waals surface area contributed by atoms with Gasteiger partial charge in [-0.1, -0.05) is 0 Å². The summed E-state index contributed by atoms with van der Waals surface area (Å²) in [5, 5.41) is 1.96. The Kier molecular flexibility index (Phi) is 3.55. The Morgan fingerprint density at radius 2 is 2.33 bits per heavy atom. The molecule has 0 aromatic carbocycles. The molecule has 1 N–H and O–H groups in total. The van der Waals surface area contributed by atoms with Gasteiger partial charge in [0.25, 0.3) is 0 Å². The molecule has 0 aliphatic heterocycles. The van der Waals surface area contributed by atoms with Gasteiger partial charge in [0.2, 0.25) is 6.41 Å². The molecule has 0 aliphatic rings. The summed E-state index contributed by atoms with van der Waals surface area (Å²) in [6.07, 6.45) is 1.53. The van der Waals surface area contributed by atoms with Crippen LogP contribution in [-0.2, 0) is 4.79 Å². The van der Waals surface area contributed by atoms with E-state index in [0.717, 1.165) is 6.20 Å². The molecule has 0 aromatic heterocycles. The van der Waals surface area contributed by atoms with Gasteiger partial charge in [-0.3, -0.25) is 4.79 Å². The van der Waals surface area contributed by atoms with Gasteiger partial charge < -0.3 is 5.32 Å². The first-order valence-electron chi connectivity index (χ1n) is 1.36. The highest BCUT2D eigenvalue weighted by Crippen LogP contribution is 1.60. The largest absolute Gasteiger partial charge is 0.333 e. The lowest BCUT2D eigenvalue weighted by atomic mass is 11.0. The molecule has 3 heteroatoms. The average molecular weight is 89.1 g/mol. The molecule has 0 rings (SSSR count). The van der Waals surface area contributed by atoms with Gasteiger partial charge >= 0.3 is 0 Å². The van der Waals surface area contributed by atoms with Crippen LogP contribution in [0, 0.1) is 0 Å². The van der Waals surface area contributed by atoms with Crippen molar-refractivity contribution in [1.82, 2.24) is 5.32 Å². The number of amides is 1. The molecule has 2 nitrogen and oxygen atoms in total. The van der Waals surface area contributed by atoms with Crippen LogP contribution in [0.3, 0.4) is 0 Å². The molecule has 6 heavy (non-hydrogen) atoms. The van der Waals surface area contributed by atoms with Crippen molar-refractivity contribution in [3.05, 3.63) is 12.5 Å². The quantitative estimate of drug-likeness (QED) is 0.480. The Morgan fingerprint density at radius 3 is 2.50 bits per heavy atom. The Balaban J connectivity index is 2.85. The smallest absolute Gasteiger partial charge is 0.211 e. The van der Waals surface area contributed by atoms with Gasteiger partial charge in [0, 0.05) is 6.20 Å². The number of hydrogen-bond donors (Lipinski definition) is 1. The number of hydrogen-bond acceptors (Lipinski definition) is 1. The second-order valence-corrected chi connectivity index (χ2v) is 0.577. The average Bonchev–Trinajstić information content (AvgIpc) is 1.61. The van der Waals surface area contributed by atoms with Crippen LogP contribution in [0.2, 0.25) is 0 Å². The van der Waals surface area contributed by atoms with Gasteiger partial charge in [-0.2, -0.15) is 0 Å². The van der Waals surface area contributed by atoms with Gasteiger partial charge in [0.15, 0.2) is 0 Å². The molecule has 0 atom stereocenters. The van der Waals surface area contributed by atoms with E-state index in [1.54, 1.807) is 0 Å². The van der Waals surface area contributed by atoms with Gasteiger partial charge in [-0.25, -0.2) is 4.39 Å². The zero-order valence-corrected chi connectivity index (χ0v) is 3.02. The summed E-state index contributed by atoms with van der Waals surface area (Å²) in [5.74, 6) is 0. The SMILES string of the molecule is O=CN/C=C\F. The second-order valence-electron chi connectivity index (χ2n) is 0.577. The maximum atomic E-state index is 10.8. The number of rotatable bonds is 2. The van der Waals surface area contributed by atoms with Crippen LogP contribution in [-0.4, -0.2) is 6.41 Å². The van der Waals surface area contributed by atoms with E-state index in [0.29, 0.717) is 6.41 Å². The zero-order chi connectivity index (χ0) is 4.83. The zero-order valence-electron chi connectivity index (χ0n) is 3.02. The maximum Gasteiger partial charge on any atom is 0.211 e. The standard InChI is InChI=1S/C3H4FNO/c4-1-2-5-3-6/h1-3H,(H,5,6)/b2-1-. The molecule has 0 aromatic rings. The van der Waals surface area contributed by atoms with E-state index in [4.69, 9.17) is 0 Å². The predicted octanol–water partition coefficient (Wildman–Crippen LogP) is 0.173. The van der Waals surface area contributed by atoms with E-state index in [1.165, 1.54) is 0 Å². The minimum absolute atomic E-state index is 0.244. The van der Waals surface area contributed by atoms with E-state index in [9.17, 15) is 9.18 Å². The second kappa shape index (κ2) is 4.14. The molecule has 0 radical (unpaired) electrons. The fourth-order valence-corrected chi connectivity index (χ4v) is 0.0757. The van der Waals surface area contributed by atoms with Crippen molar-refractivity contribution in [2.45, 2.75) is 0 Å². The summed E-state index contributed by atoms with van der Waals surface area (Å²) >= 11 is 0. The van der Waals surface area contributed by atoms with Crippen LogP contribution >= 0.6 is 0 Å². The predicted molar refractivity (Wildman–Crippen MR) is 19.4 cm³/mol. The van der Waals surface area contributed by atoms with Crippen molar-refractivity contribution in [2.24, 2.45) is 0 Å². The molecule has 0 heterocycles. The fraction of sp³-hybridized carbons (Fsp3) is 0. The Hall–Kier alpha value is -0.860. The minimum Gasteiger partial charge on any atom is -0.333 e. The third-order valence-electron chi connectivity index (χ3n) is 0.227. The first-order chi connectivity index (χ1) is 2.91. The van der Waals surface area contributed by atoms with Crippen molar-refractivity contribution in [2.75, 3.05) is 0 Å². The highest BCUT2D eigenvalue weighted by atomic mass is 19.1. The Morgan fingerprint density at radius 1 is 1.67 bits per heavy atom. The lowest BCUT2D eigenvalue weighted by Crippen LogP contribution is -1.96. The Labute approximate surface area is 34.7 Å². The van der Waals surface area contributed by atoms with Crippen LogP contribution in [0.25, 0.3) is 0 Å². The van der Waals surface area contributed by atoms with Crippen LogP contribution in [0.15, 0.2) is 12.5 Å². The summed E-state index contributed by atoms with van der Waals surface area (Å²) < 4.78 is 10.8. The molecule has 0 unspecified atom stereocenters. The molecule has 0 spiro atoms. The monoisotopic (exact) mass is 89.0 g/mol. The summed E-state index contributed by atoms with van der Waals surface area (Å²) in [5.41, 5.74) is 0. The van der Waals surface area contributed by atoms with Gasteiger partial charge in [0.05, 0.1) is 0 Å². The molecule has 0 saturated carbocycles. The normalized spacial score (nSPS) is 8.83. The van der Waals surface area contributed by atoms with E-state index < -0.39 is 0 Å². The fourth-order valence-electron chi connectivity index (χ4n) is 0.0757. The van der Waals surface area contributed by atoms with E-state index in [-0.39, 0.29) is 6.33 Å². The van der Waals surface area contributed by atoms with Crippen molar-refractivity contribution < 1.29 is 9.18 Å². The number of nitrogens with one attached hydrogen (secondary N) is 1. The van der Waals surface area contributed by atoms with E-state index in [1.807, 2.05) is 5.32 Å². The van der Waals surface area contributed by atoms with Gasteiger partial charge in [0.1, 0.15) is 6.33 Å². The van der Waals surface area contributed by atoms with Crippen molar-refractivity contribution in [1.29, 1.82) is 0 Å². The molecular weight excluding hydrogens is 85.0 g/mol. The highest BCUT2D eigenvalue weighted by molar-refractivity contribution is 5.47. The Bertz CT molecular complexity index is 61.8. The maximum absolute atomic E-state index is 10.8. The summed E-state index contributed by atoms with van der Waals surface area (Å²) in [4.78, 5) is 9.23. The lowest BCUT2D eigenvalue weighted by Gasteiger charge is -1.72. The van der Waals surface area contributed by atoms with E-state index >= 15 is 0 Å². The van der Waals surface area contributed by atoms with Crippen LogP contribution in [0.5, 0.6) is 0 Å². The van der Waals surface area contributed by atoms with Crippen LogP contribution < -0.4 is 5.32 Å². The molecule has 0 bridgehead atoms. The summed E-state index contributed by atoms with van der Waals surface area (Å²) in [6, 6.07) is 0. The number of carbonyl (C=O) groups is 1. The molecule has 0 fully saturated rings. The van der Waals surface area contributed by atoms with Gasteiger partial charge in [-0.05, 0) is 0 Å². The van der Waals surface area contributed by atoms with Crippen molar-refractivity contribution in [3.8, 4) is 0 Å². The molecular formula is C3H4FNO. The first kappa shape index (κ1) is 5.14. The molecule has 1 amide bonds. The van der Waals surface area contributed by atoms with Crippen LogP contribution in [0.1, 0.15) is 0 Å². The first-order valence-corrected chi connectivity index (χ1v) is 1.36. The molecule has 0 saturated heterocycles. The minimum atomic E-state index is 0.244. The lowest BCUT2D eigenvalue weighted by molar-refractivity contribution is -0.108. The van der Waals surface area contributed by atoms with Crippen molar-refractivity contribution >= 4 is 6.41 Å². The molecule has 0 aliphatic carbocycles. The summed E-state index contributed by atoms with van der Waals surface area (Å²) in [6.45, 7) is 0.